The lowest BCUT2D eigenvalue weighted by Crippen LogP contribution is -2.30. The standard InChI is InChI=1S/C89H148O17P2/c1-5-9-13-17-21-25-29-33-37-39-41-43-47-50-54-58-62-66-70-74-87(92)100-80-85(106-89(94)76-72-68-64-60-56-52-48-44-42-40-38-34-30-26-22-18-14-10-6-2)82-104-108(97,98)102-78-83(90)77-101-107(95,96)103-81-84(105-88(93)75-71-67-63-59-55-51-46-36-32-28-24-20-16-12-8-4)79-99-86(91)73-69-65-61-57-53-49-45-35-31-27-23-19-15-11-7-3/h9-10,13-14,21-22,25-27,31,33-34,36-38,41-44,46,50,52,54,56,64,68,83-85,90H,5-8,11-12,15-20,23-24,28-30,32,35,39-40,45,47-49,51,53,55,57-63,65-67,69-82H2,1-4H3,(H,95,96)(H,97,98)/b13-9-,14-10-,25-21-,26-22-,31-27-,37-33-,38-34-,43-41-,44-42-,46-36-,54-50-,56-52-,68-64-/t83-,84+,85+/m0/s1. The highest BCUT2D eigenvalue weighted by Gasteiger charge is 2.30. The quantitative estimate of drug-likeness (QED) is 0.0169. The van der Waals surface area contributed by atoms with Crippen LogP contribution in [0.2, 0.25) is 0 Å². The van der Waals surface area contributed by atoms with Crippen LogP contribution in [0.5, 0.6) is 0 Å². The van der Waals surface area contributed by atoms with Crippen molar-refractivity contribution in [2.75, 3.05) is 39.6 Å². The second kappa shape index (κ2) is 79.8. The van der Waals surface area contributed by atoms with Gasteiger partial charge < -0.3 is 33.8 Å². The summed E-state index contributed by atoms with van der Waals surface area (Å²) in [6.45, 7) is 4.51. The first kappa shape index (κ1) is 103. The van der Waals surface area contributed by atoms with Crippen LogP contribution in [0.3, 0.4) is 0 Å². The van der Waals surface area contributed by atoms with Gasteiger partial charge in [-0.3, -0.25) is 37.3 Å². The fourth-order valence-corrected chi connectivity index (χ4v) is 12.3. The van der Waals surface area contributed by atoms with E-state index in [2.05, 4.69) is 167 Å². The van der Waals surface area contributed by atoms with Crippen molar-refractivity contribution in [2.45, 2.75) is 341 Å². The zero-order valence-electron chi connectivity index (χ0n) is 67.5. The maximum Gasteiger partial charge on any atom is 0.472 e. The third kappa shape index (κ3) is 78.8. The van der Waals surface area contributed by atoms with E-state index in [1.165, 1.54) is 77.0 Å². The summed E-state index contributed by atoms with van der Waals surface area (Å²) in [6.07, 6.45) is 93.7. The Labute approximate surface area is 655 Å². The number of allylic oxidation sites excluding steroid dienone is 26. The SMILES string of the molecule is CC/C=C\C/C=C\C/C=C\C/C=C\C/C=C\C/C=C\CCC(=O)O[C@H](COC(=O)CCCCC/C=C\C/C=C\C/C=C\C/C=C\C/C=C\CC)COP(=O)(O)OC[C@@H](O)COP(=O)(O)OC[C@@H](COC(=O)CCCCCCCCC/C=C\CCCCCC)OC(=O)CCCCCCC/C=C\CCCCCCCC. The second-order valence-corrected chi connectivity index (χ2v) is 30.2. The van der Waals surface area contributed by atoms with Crippen molar-refractivity contribution in [3.8, 4) is 0 Å². The number of carbonyl (C=O) groups excluding carboxylic acids is 4. The molecule has 108 heavy (non-hydrogen) atoms. The molecule has 0 aliphatic carbocycles. The second-order valence-electron chi connectivity index (χ2n) is 27.3. The number of hydrogen-bond acceptors (Lipinski definition) is 15. The van der Waals surface area contributed by atoms with E-state index in [-0.39, 0.29) is 25.7 Å². The smallest absolute Gasteiger partial charge is 0.462 e. The summed E-state index contributed by atoms with van der Waals surface area (Å²) in [5, 5.41) is 10.7. The van der Waals surface area contributed by atoms with Crippen LogP contribution in [0.4, 0.5) is 0 Å². The third-order valence-electron chi connectivity index (χ3n) is 17.0. The fourth-order valence-electron chi connectivity index (χ4n) is 10.7. The summed E-state index contributed by atoms with van der Waals surface area (Å²) in [7, 11) is -10.0. The first-order valence-corrected chi connectivity index (χ1v) is 44.7. The average Bonchev–Trinajstić information content (AvgIpc) is 0.900. The molecule has 0 saturated carbocycles. The van der Waals surface area contributed by atoms with Crippen LogP contribution in [-0.2, 0) is 65.4 Å². The van der Waals surface area contributed by atoms with Crippen LogP contribution >= 0.6 is 15.6 Å². The van der Waals surface area contributed by atoms with Crippen LogP contribution in [-0.4, -0.2) is 96.7 Å². The monoisotopic (exact) mass is 1550 g/mol. The number of phosphoric acid groups is 2. The Kier molecular flexibility index (Phi) is 75.8. The van der Waals surface area contributed by atoms with E-state index in [4.69, 9.17) is 37.0 Å². The van der Waals surface area contributed by atoms with Gasteiger partial charge in [-0.15, -0.1) is 0 Å². The minimum atomic E-state index is -5.02. The number of carbonyl (C=O) groups is 4. The first-order valence-electron chi connectivity index (χ1n) is 41.7. The predicted octanol–water partition coefficient (Wildman–Crippen LogP) is 24.8. The normalized spacial score (nSPS) is 14.6. The van der Waals surface area contributed by atoms with Crippen molar-refractivity contribution in [3.63, 3.8) is 0 Å². The van der Waals surface area contributed by atoms with Crippen LogP contribution in [0.15, 0.2) is 158 Å². The largest absolute Gasteiger partial charge is 0.472 e. The summed E-state index contributed by atoms with van der Waals surface area (Å²) in [4.78, 5) is 73.1. The van der Waals surface area contributed by atoms with Crippen molar-refractivity contribution in [3.05, 3.63) is 158 Å². The van der Waals surface area contributed by atoms with E-state index < -0.39 is 97.5 Å². The van der Waals surface area contributed by atoms with Gasteiger partial charge in [0.1, 0.15) is 19.3 Å². The van der Waals surface area contributed by atoms with E-state index in [1.807, 2.05) is 18.2 Å². The van der Waals surface area contributed by atoms with Crippen LogP contribution in [0.25, 0.3) is 0 Å². The summed E-state index contributed by atoms with van der Waals surface area (Å²) < 4.78 is 68.6. The molecule has 0 aromatic rings. The average molecular weight is 1550 g/mol. The maximum absolute atomic E-state index is 13.1. The molecular formula is C89H148O17P2. The molecule has 0 amide bonds. The number of hydrogen-bond donors (Lipinski definition) is 3. The van der Waals surface area contributed by atoms with Crippen molar-refractivity contribution >= 4 is 39.5 Å². The van der Waals surface area contributed by atoms with Crippen LogP contribution < -0.4 is 0 Å². The molecule has 5 atom stereocenters. The zero-order valence-corrected chi connectivity index (χ0v) is 69.3. The summed E-state index contributed by atoms with van der Waals surface area (Å²) in [5.74, 6) is -2.33. The number of unbranched alkanes of at least 4 members (excludes halogenated alkanes) is 25. The number of ether oxygens (including phenoxy) is 4. The summed E-state index contributed by atoms with van der Waals surface area (Å²) >= 11 is 0. The topological polar surface area (TPSA) is 237 Å². The third-order valence-corrected chi connectivity index (χ3v) is 18.9. The van der Waals surface area contributed by atoms with E-state index >= 15 is 0 Å². The Morgan fingerprint density at radius 1 is 0.269 bits per heavy atom. The molecular weight excluding hydrogens is 1400 g/mol. The van der Waals surface area contributed by atoms with Crippen LogP contribution in [0.1, 0.15) is 323 Å². The molecule has 616 valence electrons. The molecule has 0 aliphatic rings. The van der Waals surface area contributed by atoms with Gasteiger partial charge in [-0.1, -0.05) is 295 Å². The molecule has 0 radical (unpaired) electrons. The molecule has 19 heteroatoms. The van der Waals surface area contributed by atoms with E-state index in [1.54, 1.807) is 0 Å². The van der Waals surface area contributed by atoms with Gasteiger partial charge in [-0.2, -0.15) is 0 Å². The lowest BCUT2D eigenvalue weighted by molar-refractivity contribution is -0.161. The molecule has 0 bridgehead atoms. The van der Waals surface area contributed by atoms with Gasteiger partial charge in [0.15, 0.2) is 12.2 Å². The minimum Gasteiger partial charge on any atom is -0.462 e. The van der Waals surface area contributed by atoms with Gasteiger partial charge in [0.25, 0.3) is 0 Å². The molecule has 0 saturated heterocycles. The van der Waals surface area contributed by atoms with Gasteiger partial charge in [0.05, 0.1) is 26.4 Å². The highest BCUT2D eigenvalue weighted by molar-refractivity contribution is 7.47. The van der Waals surface area contributed by atoms with E-state index in [0.29, 0.717) is 32.1 Å². The number of rotatable bonds is 77. The Morgan fingerprint density at radius 3 is 0.824 bits per heavy atom. The van der Waals surface area contributed by atoms with Gasteiger partial charge >= 0.3 is 39.5 Å². The number of aliphatic hydroxyl groups is 1. The molecule has 0 spiro atoms. The fraction of sp³-hybridized carbons (Fsp3) is 0.663. The van der Waals surface area contributed by atoms with Crippen molar-refractivity contribution in [1.29, 1.82) is 0 Å². The summed E-state index contributed by atoms with van der Waals surface area (Å²) in [5.41, 5.74) is 0. The maximum atomic E-state index is 13.1. The molecule has 3 N–H and O–H groups in total. The summed E-state index contributed by atoms with van der Waals surface area (Å²) in [6, 6.07) is 0. The molecule has 0 aliphatic heterocycles. The number of esters is 4. The first-order chi connectivity index (χ1) is 52.7. The highest BCUT2D eigenvalue weighted by Crippen LogP contribution is 2.45. The van der Waals surface area contributed by atoms with Gasteiger partial charge in [0, 0.05) is 25.7 Å². The van der Waals surface area contributed by atoms with Crippen molar-refractivity contribution < 1.29 is 80.2 Å². The Hall–Kier alpha value is -5.32. The predicted molar refractivity (Wildman–Crippen MR) is 445 cm³/mol. The molecule has 0 fully saturated rings. The Morgan fingerprint density at radius 2 is 0.500 bits per heavy atom. The lowest BCUT2D eigenvalue weighted by atomic mass is 10.1. The van der Waals surface area contributed by atoms with Crippen LogP contribution in [0, 0.1) is 0 Å². The van der Waals surface area contributed by atoms with Gasteiger partial charge in [0.2, 0.25) is 0 Å². The van der Waals surface area contributed by atoms with E-state index in [0.717, 1.165) is 161 Å². The Balaban J connectivity index is 5.49. The Bertz CT molecular complexity index is 2660. The molecule has 0 aromatic carbocycles. The molecule has 0 rings (SSSR count). The minimum absolute atomic E-state index is 0.0434. The van der Waals surface area contributed by atoms with Gasteiger partial charge in [-0.25, -0.2) is 9.13 Å². The number of aliphatic hydroxyl groups excluding tert-OH is 1. The van der Waals surface area contributed by atoms with Crippen molar-refractivity contribution in [2.24, 2.45) is 0 Å². The molecule has 2 unspecified atom stereocenters. The van der Waals surface area contributed by atoms with Crippen molar-refractivity contribution in [1.82, 2.24) is 0 Å². The number of phosphoric ester groups is 2. The van der Waals surface area contributed by atoms with Gasteiger partial charge in [-0.05, 0) is 161 Å². The highest BCUT2D eigenvalue weighted by atomic mass is 31.2. The zero-order chi connectivity index (χ0) is 78.9. The molecule has 0 heterocycles. The molecule has 17 nitrogen and oxygen atoms in total. The lowest BCUT2D eigenvalue weighted by Gasteiger charge is -2.21. The molecule has 0 aromatic heterocycles. The van der Waals surface area contributed by atoms with E-state index in [9.17, 15) is 43.2 Å².